The van der Waals surface area contributed by atoms with Gasteiger partial charge in [-0.15, -0.1) is 0 Å². The first-order chi connectivity index (χ1) is 6.20. The van der Waals surface area contributed by atoms with Crippen molar-refractivity contribution in [2.75, 3.05) is 19.8 Å². The number of hydrogen-bond donors (Lipinski definition) is 3. The Morgan fingerprint density at radius 1 is 1.00 bits per heavy atom. The predicted octanol–water partition coefficient (Wildman–Crippen LogP) is -0.804. The highest BCUT2D eigenvalue weighted by atomic mass is 16.2. The molecule has 5 nitrogen and oxygen atoms in total. The molecule has 0 aromatic carbocycles. The Labute approximate surface area is 78.3 Å². The Morgan fingerprint density at radius 2 is 1.62 bits per heavy atom. The number of amides is 2. The van der Waals surface area contributed by atoms with E-state index in [1.807, 2.05) is 13.8 Å². The van der Waals surface area contributed by atoms with Crippen molar-refractivity contribution < 1.29 is 9.59 Å². The summed E-state index contributed by atoms with van der Waals surface area (Å²) in [5.41, 5.74) is 0. The number of carbonyl (C=O) groups is 2. The second-order valence-corrected chi connectivity index (χ2v) is 2.51. The molecule has 76 valence electrons. The van der Waals surface area contributed by atoms with E-state index in [0.717, 1.165) is 6.54 Å². The van der Waals surface area contributed by atoms with Crippen LogP contribution in [0.15, 0.2) is 0 Å². The molecule has 0 aliphatic heterocycles. The third kappa shape index (κ3) is 7.27. The molecule has 3 N–H and O–H groups in total. The van der Waals surface area contributed by atoms with Crippen molar-refractivity contribution in [1.29, 1.82) is 0 Å². The Morgan fingerprint density at radius 3 is 2.15 bits per heavy atom. The van der Waals surface area contributed by atoms with Crippen LogP contribution in [0, 0.1) is 0 Å². The van der Waals surface area contributed by atoms with Crippen molar-refractivity contribution >= 4 is 11.8 Å². The van der Waals surface area contributed by atoms with Crippen LogP contribution in [0.3, 0.4) is 0 Å². The lowest BCUT2D eigenvalue weighted by molar-refractivity contribution is -0.129. The maximum Gasteiger partial charge on any atom is 0.230 e. The minimum absolute atomic E-state index is 0.0980. The van der Waals surface area contributed by atoms with Crippen molar-refractivity contribution in [2.45, 2.75) is 20.3 Å². The summed E-state index contributed by atoms with van der Waals surface area (Å²) < 4.78 is 0. The van der Waals surface area contributed by atoms with E-state index in [-0.39, 0.29) is 18.2 Å². The quantitative estimate of drug-likeness (QED) is 0.289. The van der Waals surface area contributed by atoms with Gasteiger partial charge in [-0.3, -0.25) is 9.59 Å². The van der Waals surface area contributed by atoms with Gasteiger partial charge in [-0.1, -0.05) is 6.92 Å². The molecule has 0 heterocycles. The van der Waals surface area contributed by atoms with Crippen LogP contribution in [-0.4, -0.2) is 31.6 Å². The van der Waals surface area contributed by atoms with E-state index < -0.39 is 0 Å². The fourth-order valence-corrected chi connectivity index (χ4v) is 0.754. The predicted molar refractivity (Wildman–Crippen MR) is 50.0 cm³/mol. The monoisotopic (exact) mass is 187 g/mol. The van der Waals surface area contributed by atoms with Gasteiger partial charge in [0.25, 0.3) is 0 Å². The second kappa shape index (κ2) is 7.54. The average Bonchev–Trinajstić information content (AvgIpc) is 2.05. The maximum absolute atomic E-state index is 11.0. The van der Waals surface area contributed by atoms with Gasteiger partial charge in [0.1, 0.15) is 6.42 Å². The maximum atomic E-state index is 11.0. The highest BCUT2D eigenvalue weighted by molar-refractivity contribution is 5.96. The van der Waals surface area contributed by atoms with E-state index in [1.165, 1.54) is 0 Å². The third-order valence-corrected chi connectivity index (χ3v) is 1.36. The van der Waals surface area contributed by atoms with Crippen molar-refractivity contribution in [1.82, 2.24) is 16.0 Å². The molecule has 0 spiro atoms. The summed E-state index contributed by atoms with van der Waals surface area (Å²) in [6.07, 6.45) is -0.0980. The zero-order valence-corrected chi connectivity index (χ0v) is 8.14. The van der Waals surface area contributed by atoms with Crippen LogP contribution in [0.1, 0.15) is 20.3 Å². The molecule has 0 fully saturated rings. The van der Waals surface area contributed by atoms with Crippen LogP contribution >= 0.6 is 0 Å². The minimum atomic E-state index is -0.257. The molecule has 0 radical (unpaired) electrons. The summed E-state index contributed by atoms with van der Waals surface area (Å²) in [7, 11) is 0. The molecule has 0 aliphatic carbocycles. The highest BCUT2D eigenvalue weighted by Crippen LogP contribution is 1.78. The summed E-state index contributed by atoms with van der Waals surface area (Å²) in [5.74, 6) is -0.497. The van der Waals surface area contributed by atoms with Crippen LogP contribution in [0.25, 0.3) is 0 Å². The summed E-state index contributed by atoms with van der Waals surface area (Å²) >= 11 is 0. The van der Waals surface area contributed by atoms with E-state index in [4.69, 9.17) is 0 Å². The average molecular weight is 187 g/mol. The van der Waals surface area contributed by atoms with Crippen LogP contribution in [-0.2, 0) is 9.59 Å². The second-order valence-electron chi connectivity index (χ2n) is 2.51. The van der Waals surface area contributed by atoms with Crippen molar-refractivity contribution in [3.63, 3.8) is 0 Å². The first kappa shape index (κ1) is 11.9. The van der Waals surface area contributed by atoms with E-state index in [0.29, 0.717) is 13.2 Å². The normalized spacial score (nSPS) is 9.38. The van der Waals surface area contributed by atoms with Crippen molar-refractivity contribution in [3.05, 3.63) is 0 Å². The van der Waals surface area contributed by atoms with Crippen LogP contribution in [0.5, 0.6) is 0 Å². The van der Waals surface area contributed by atoms with Crippen molar-refractivity contribution in [3.8, 4) is 0 Å². The minimum Gasteiger partial charge on any atom is -0.356 e. The topological polar surface area (TPSA) is 70.2 Å². The summed E-state index contributed by atoms with van der Waals surface area (Å²) in [4.78, 5) is 21.9. The van der Waals surface area contributed by atoms with Crippen LogP contribution < -0.4 is 16.0 Å². The molecule has 2 amide bonds. The van der Waals surface area contributed by atoms with Gasteiger partial charge < -0.3 is 16.0 Å². The smallest absolute Gasteiger partial charge is 0.230 e. The van der Waals surface area contributed by atoms with Gasteiger partial charge >= 0.3 is 0 Å². The van der Waals surface area contributed by atoms with Gasteiger partial charge in [0.2, 0.25) is 11.8 Å². The molecule has 0 aliphatic rings. The lowest BCUT2D eigenvalue weighted by atomic mass is 10.4. The number of nitrogens with one attached hydrogen (secondary N) is 3. The molecule has 0 rings (SSSR count). The number of rotatable bonds is 6. The molecule has 0 saturated heterocycles. The molecule has 0 atom stereocenters. The molecule has 0 unspecified atom stereocenters. The number of hydrogen-bond acceptors (Lipinski definition) is 3. The molecule has 0 aromatic rings. The van der Waals surface area contributed by atoms with Gasteiger partial charge in [0.15, 0.2) is 0 Å². The van der Waals surface area contributed by atoms with Gasteiger partial charge in [0.05, 0.1) is 6.67 Å². The van der Waals surface area contributed by atoms with E-state index in [2.05, 4.69) is 16.0 Å². The first-order valence-corrected chi connectivity index (χ1v) is 4.44. The molecule has 5 heteroatoms. The fraction of sp³-hybridized carbons (Fsp3) is 0.750. The van der Waals surface area contributed by atoms with Crippen molar-refractivity contribution in [2.24, 2.45) is 0 Å². The molecular formula is C8H17N3O2. The lowest BCUT2D eigenvalue weighted by Gasteiger charge is -2.04. The SMILES string of the molecule is CCNCNC(=O)CC(=O)NCC. The zero-order valence-electron chi connectivity index (χ0n) is 8.14. The van der Waals surface area contributed by atoms with Gasteiger partial charge in [-0.25, -0.2) is 0 Å². The Bertz CT molecular complexity index is 171. The standard InChI is InChI=1S/C8H17N3O2/c1-3-9-6-11-8(13)5-7(12)10-4-2/h9H,3-6H2,1-2H3,(H,10,12)(H,11,13). The fourth-order valence-electron chi connectivity index (χ4n) is 0.754. The third-order valence-electron chi connectivity index (χ3n) is 1.36. The van der Waals surface area contributed by atoms with Crippen LogP contribution in [0.4, 0.5) is 0 Å². The molecule has 0 saturated carbocycles. The number of carbonyl (C=O) groups excluding carboxylic acids is 2. The Hall–Kier alpha value is -1.10. The van der Waals surface area contributed by atoms with E-state index in [9.17, 15) is 9.59 Å². The highest BCUT2D eigenvalue weighted by Gasteiger charge is 2.06. The van der Waals surface area contributed by atoms with Gasteiger partial charge in [-0.05, 0) is 13.5 Å². The lowest BCUT2D eigenvalue weighted by Crippen LogP contribution is -2.36. The Balaban J connectivity index is 3.44. The summed E-state index contributed by atoms with van der Waals surface area (Å²) in [5, 5.41) is 8.03. The van der Waals surface area contributed by atoms with E-state index >= 15 is 0 Å². The first-order valence-electron chi connectivity index (χ1n) is 4.44. The largest absolute Gasteiger partial charge is 0.356 e. The Kier molecular flexibility index (Phi) is 6.91. The molecule has 0 bridgehead atoms. The molecule has 0 aromatic heterocycles. The summed E-state index contributed by atoms with van der Waals surface area (Å²) in [6.45, 7) is 5.51. The summed E-state index contributed by atoms with van der Waals surface area (Å²) in [6, 6.07) is 0. The van der Waals surface area contributed by atoms with Gasteiger partial charge in [0, 0.05) is 6.54 Å². The van der Waals surface area contributed by atoms with E-state index in [1.54, 1.807) is 0 Å². The molecule has 13 heavy (non-hydrogen) atoms. The van der Waals surface area contributed by atoms with Crippen LogP contribution in [0.2, 0.25) is 0 Å². The molecular weight excluding hydrogens is 170 g/mol. The van der Waals surface area contributed by atoms with Gasteiger partial charge in [-0.2, -0.15) is 0 Å². The zero-order chi connectivity index (χ0) is 10.1.